The van der Waals surface area contributed by atoms with Gasteiger partial charge in [-0.1, -0.05) is 31.2 Å². The van der Waals surface area contributed by atoms with Crippen LogP contribution in [0.3, 0.4) is 0 Å². The van der Waals surface area contributed by atoms with Gasteiger partial charge >= 0.3 is 0 Å². The summed E-state index contributed by atoms with van der Waals surface area (Å²) in [7, 11) is 0. The highest BCUT2D eigenvalue weighted by Gasteiger charge is 2.35. The van der Waals surface area contributed by atoms with Crippen LogP contribution < -0.4 is 5.73 Å². The van der Waals surface area contributed by atoms with Gasteiger partial charge in [-0.05, 0) is 24.5 Å². The lowest BCUT2D eigenvalue weighted by atomic mass is 9.86. The summed E-state index contributed by atoms with van der Waals surface area (Å²) in [5, 5.41) is 0. The van der Waals surface area contributed by atoms with Crippen LogP contribution >= 0.6 is 0 Å². The molecule has 1 aromatic carbocycles. The van der Waals surface area contributed by atoms with Gasteiger partial charge in [-0.2, -0.15) is 0 Å². The molecule has 1 unspecified atom stereocenters. The Morgan fingerprint density at radius 3 is 2.29 bits per heavy atom. The Morgan fingerprint density at radius 2 is 1.88 bits per heavy atom. The molecule has 0 saturated heterocycles. The van der Waals surface area contributed by atoms with Crippen LogP contribution in [0.15, 0.2) is 24.3 Å². The predicted octanol–water partition coefficient (Wildman–Crippen LogP) is 1.90. The van der Waals surface area contributed by atoms with Gasteiger partial charge in [0.25, 0.3) is 0 Å². The van der Waals surface area contributed by atoms with E-state index in [2.05, 4.69) is 12.1 Å². The number of hydrogen-bond acceptors (Lipinski definition) is 2. The van der Waals surface area contributed by atoms with Gasteiger partial charge in [-0.3, -0.25) is 4.79 Å². The van der Waals surface area contributed by atoms with Crippen molar-refractivity contribution in [2.75, 3.05) is 6.54 Å². The van der Waals surface area contributed by atoms with Crippen molar-refractivity contribution >= 4 is 5.91 Å². The van der Waals surface area contributed by atoms with Gasteiger partial charge in [0.1, 0.15) is 0 Å². The van der Waals surface area contributed by atoms with E-state index in [1.54, 1.807) is 0 Å². The lowest BCUT2D eigenvalue weighted by Crippen LogP contribution is -2.43. The van der Waals surface area contributed by atoms with E-state index in [-0.39, 0.29) is 5.91 Å². The molecule has 2 rings (SSSR count). The molecule has 0 aromatic heterocycles. The molecule has 3 nitrogen and oxygen atoms in total. The molecular weight excluding hydrogens is 212 g/mol. The number of nitrogens with two attached hydrogens (primary N) is 1. The van der Waals surface area contributed by atoms with E-state index in [0.717, 1.165) is 19.5 Å². The fourth-order valence-electron chi connectivity index (χ4n) is 2.24. The average molecular weight is 232 g/mol. The van der Waals surface area contributed by atoms with Crippen molar-refractivity contribution in [3.8, 4) is 0 Å². The summed E-state index contributed by atoms with van der Waals surface area (Å²) in [6.07, 6.45) is 0.787. The number of fused-ring (bicyclic) bond motifs is 1. The Morgan fingerprint density at radius 1 is 1.35 bits per heavy atom. The van der Waals surface area contributed by atoms with Gasteiger partial charge in [-0.15, -0.1) is 0 Å². The van der Waals surface area contributed by atoms with E-state index in [0.29, 0.717) is 6.54 Å². The normalized spacial score (nSPS) is 17.7. The minimum atomic E-state index is -0.415. The van der Waals surface area contributed by atoms with Gasteiger partial charge in [0, 0.05) is 19.6 Å². The molecule has 0 fully saturated rings. The standard InChI is InChI=1S/C14H20N2O/c1-3-14(2,10-15)13(17)16-8-11-6-4-5-7-12(11)9-16/h4-7H,3,8-10,15H2,1-2H3. The predicted molar refractivity (Wildman–Crippen MR) is 68.1 cm³/mol. The molecular formula is C14H20N2O. The molecule has 1 atom stereocenters. The third-order valence-electron chi connectivity index (χ3n) is 3.88. The van der Waals surface area contributed by atoms with Crippen LogP contribution in [0, 0.1) is 5.41 Å². The first-order valence-electron chi connectivity index (χ1n) is 6.17. The zero-order chi connectivity index (χ0) is 12.5. The van der Waals surface area contributed by atoms with Gasteiger partial charge in [0.2, 0.25) is 5.91 Å². The third-order valence-corrected chi connectivity index (χ3v) is 3.88. The first-order chi connectivity index (χ1) is 8.10. The molecule has 2 N–H and O–H groups in total. The van der Waals surface area contributed by atoms with Crippen molar-refractivity contribution in [2.24, 2.45) is 11.1 Å². The van der Waals surface area contributed by atoms with Gasteiger partial charge < -0.3 is 10.6 Å². The van der Waals surface area contributed by atoms with Crippen molar-refractivity contribution in [3.63, 3.8) is 0 Å². The van der Waals surface area contributed by atoms with Gasteiger partial charge in [0.05, 0.1) is 5.41 Å². The van der Waals surface area contributed by atoms with Gasteiger partial charge in [-0.25, -0.2) is 0 Å². The first kappa shape index (κ1) is 12.1. The SMILES string of the molecule is CCC(C)(CN)C(=O)N1Cc2ccccc2C1. The molecule has 3 heteroatoms. The van der Waals surface area contributed by atoms with Crippen molar-refractivity contribution in [1.29, 1.82) is 0 Å². The lowest BCUT2D eigenvalue weighted by molar-refractivity contribution is -0.141. The average Bonchev–Trinajstić information content (AvgIpc) is 2.80. The quantitative estimate of drug-likeness (QED) is 0.865. The number of amides is 1. The maximum absolute atomic E-state index is 12.4. The Kier molecular flexibility index (Phi) is 3.20. The van der Waals surface area contributed by atoms with Crippen LogP contribution in [0.1, 0.15) is 31.4 Å². The number of hydrogen-bond donors (Lipinski definition) is 1. The fourth-order valence-corrected chi connectivity index (χ4v) is 2.24. The van der Waals surface area contributed by atoms with Crippen LogP contribution in [0.5, 0.6) is 0 Å². The highest BCUT2D eigenvalue weighted by Crippen LogP contribution is 2.29. The van der Waals surface area contributed by atoms with E-state index in [4.69, 9.17) is 5.73 Å². The topological polar surface area (TPSA) is 46.3 Å². The summed E-state index contributed by atoms with van der Waals surface area (Å²) in [6, 6.07) is 8.23. The molecule has 92 valence electrons. The number of carbonyl (C=O) groups excluding carboxylic acids is 1. The number of benzene rings is 1. The summed E-state index contributed by atoms with van der Waals surface area (Å²) >= 11 is 0. The number of nitrogens with zero attached hydrogens (tertiary/aromatic N) is 1. The van der Waals surface area contributed by atoms with E-state index in [9.17, 15) is 4.79 Å². The van der Waals surface area contributed by atoms with Crippen molar-refractivity contribution in [1.82, 2.24) is 4.90 Å². The molecule has 0 saturated carbocycles. The van der Waals surface area contributed by atoms with E-state index in [1.807, 2.05) is 30.9 Å². The van der Waals surface area contributed by atoms with Crippen LogP contribution in [0.2, 0.25) is 0 Å². The van der Waals surface area contributed by atoms with E-state index in [1.165, 1.54) is 11.1 Å². The monoisotopic (exact) mass is 232 g/mol. The highest BCUT2D eigenvalue weighted by atomic mass is 16.2. The number of rotatable bonds is 3. The Bertz CT molecular complexity index is 399. The highest BCUT2D eigenvalue weighted by molar-refractivity contribution is 5.83. The minimum Gasteiger partial charge on any atom is -0.334 e. The molecule has 0 aliphatic carbocycles. The molecule has 1 amide bonds. The molecule has 1 heterocycles. The third kappa shape index (κ3) is 2.07. The zero-order valence-electron chi connectivity index (χ0n) is 10.6. The van der Waals surface area contributed by atoms with Crippen LogP contribution in [0.4, 0.5) is 0 Å². The minimum absolute atomic E-state index is 0.179. The van der Waals surface area contributed by atoms with E-state index >= 15 is 0 Å². The van der Waals surface area contributed by atoms with Crippen LogP contribution in [-0.4, -0.2) is 17.4 Å². The molecule has 1 aromatic rings. The number of carbonyl (C=O) groups is 1. The molecule has 1 aliphatic heterocycles. The maximum Gasteiger partial charge on any atom is 0.230 e. The van der Waals surface area contributed by atoms with E-state index < -0.39 is 5.41 Å². The second kappa shape index (κ2) is 4.49. The molecule has 0 bridgehead atoms. The molecule has 17 heavy (non-hydrogen) atoms. The second-order valence-corrected chi connectivity index (χ2v) is 5.05. The molecule has 0 spiro atoms. The van der Waals surface area contributed by atoms with Crippen molar-refractivity contribution < 1.29 is 4.79 Å². The summed E-state index contributed by atoms with van der Waals surface area (Å²) < 4.78 is 0. The van der Waals surface area contributed by atoms with Crippen LogP contribution in [-0.2, 0) is 17.9 Å². The van der Waals surface area contributed by atoms with Crippen molar-refractivity contribution in [2.45, 2.75) is 33.4 Å². The Labute approximate surface area is 103 Å². The zero-order valence-corrected chi connectivity index (χ0v) is 10.6. The smallest absolute Gasteiger partial charge is 0.230 e. The molecule has 1 aliphatic rings. The maximum atomic E-state index is 12.4. The summed E-state index contributed by atoms with van der Waals surface area (Å²) in [5.74, 6) is 0.179. The summed E-state index contributed by atoms with van der Waals surface area (Å²) in [4.78, 5) is 14.4. The van der Waals surface area contributed by atoms with Crippen molar-refractivity contribution in [3.05, 3.63) is 35.4 Å². The molecule has 0 radical (unpaired) electrons. The van der Waals surface area contributed by atoms with Gasteiger partial charge in [0.15, 0.2) is 0 Å². The fraction of sp³-hybridized carbons (Fsp3) is 0.500. The largest absolute Gasteiger partial charge is 0.334 e. The second-order valence-electron chi connectivity index (χ2n) is 5.05. The Balaban J connectivity index is 2.16. The summed E-state index contributed by atoms with van der Waals surface area (Å²) in [6.45, 7) is 5.84. The first-order valence-corrected chi connectivity index (χ1v) is 6.17. The summed E-state index contributed by atoms with van der Waals surface area (Å²) in [5.41, 5.74) is 7.85. The van der Waals surface area contributed by atoms with Crippen LogP contribution in [0.25, 0.3) is 0 Å². The Hall–Kier alpha value is -1.35. The lowest BCUT2D eigenvalue weighted by Gasteiger charge is -2.30.